The molecular formula is C14H19N3O2S. The molecule has 0 atom stereocenters. The summed E-state index contributed by atoms with van der Waals surface area (Å²) in [7, 11) is 1.71. The van der Waals surface area contributed by atoms with E-state index in [1.807, 2.05) is 0 Å². The van der Waals surface area contributed by atoms with Gasteiger partial charge in [-0.05, 0) is 35.9 Å². The van der Waals surface area contributed by atoms with Crippen LogP contribution in [0.5, 0.6) is 0 Å². The van der Waals surface area contributed by atoms with Crippen molar-refractivity contribution in [2.45, 2.75) is 30.5 Å². The van der Waals surface area contributed by atoms with Crippen molar-refractivity contribution in [3.05, 3.63) is 35.2 Å². The molecule has 108 valence electrons. The summed E-state index contributed by atoms with van der Waals surface area (Å²) >= 11 is 1.50. The van der Waals surface area contributed by atoms with E-state index in [9.17, 15) is 0 Å². The van der Waals surface area contributed by atoms with Crippen LogP contribution in [0.25, 0.3) is 0 Å². The van der Waals surface area contributed by atoms with Gasteiger partial charge >= 0.3 is 0 Å². The van der Waals surface area contributed by atoms with Crippen molar-refractivity contribution in [2.75, 3.05) is 20.3 Å². The molecule has 0 amide bonds. The molecule has 0 spiro atoms. The van der Waals surface area contributed by atoms with Gasteiger partial charge in [0.2, 0.25) is 5.89 Å². The van der Waals surface area contributed by atoms with Crippen molar-refractivity contribution in [2.24, 2.45) is 0 Å². The molecule has 0 aliphatic heterocycles. The Morgan fingerprint density at radius 2 is 2.15 bits per heavy atom. The van der Waals surface area contributed by atoms with E-state index in [-0.39, 0.29) is 0 Å². The predicted octanol–water partition coefficient (Wildman–Crippen LogP) is 2.57. The Balaban J connectivity index is 1.95. The molecule has 20 heavy (non-hydrogen) atoms. The SMILES string of the molecule is COCCNCc1ccc(Sc2nnc(C)o2)c(C)c1. The average molecular weight is 293 g/mol. The number of hydrogen-bond donors (Lipinski definition) is 1. The molecule has 1 N–H and O–H groups in total. The molecule has 2 rings (SSSR count). The lowest BCUT2D eigenvalue weighted by molar-refractivity contribution is 0.199. The zero-order valence-electron chi connectivity index (χ0n) is 12.0. The van der Waals surface area contributed by atoms with Crippen LogP contribution in [-0.4, -0.2) is 30.5 Å². The summed E-state index contributed by atoms with van der Waals surface area (Å²) in [6, 6.07) is 6.37. The van der Waals surface area contributed by atoms with Gasteiger partial charge in [0.1, 0.15) is 0 Å². The number of aromatic nitrogens is 2. The largest absolute Gasteiger partial charge is 0.416 e. The van der Waals surface area contributed by atoms with Gasteiger partial charge in [-0.25, -0.2) is 0 Å². The van der Waals surface area contributed by atoms with Gasteiger partial charge in [0.05, 0.1) is 6.61 Å². The molecule has 1 aromatic carbocycles. The quantitative estimate of drug-likeness (QED) is 0.792. The molecule has 1 aromatic heterocycles. The van der Waals surface area contributed by atoms with Crippen molar-refractivity contribution in [1.82, 2.24) is 15.5 Å². The Bertz CT molecular complexity index is 557. The summed E-state index contributed by atoms with van der Waals surface area (Å²) in [4.78, 5) is 1.13. The highest BCUT2D eigenvalue weighted by atomic mass is 32.2. The zero-order chi connectivity index (χ0) is 14.4. The van der Waals surface area contributed by atoms with E-state index in [0.29, 0.717) is 11.1 Å². The minimum absolute atomic E-state index is 0.580. The Labute approximate surface area is 123 Å². The second kappa shape index (κ2) is 7.42. The lowest BCUT2D eigenvalue weighted by Gasteiger charge is -2.08. The molecule has 0 saturated heterocycles. The maximum atomic E-state index is 5.38. The molecule has 0 unspecified atom stereocenters. The lowest BCUT2D eigenvalue weighted by Crippen LogP contribution is -2.18. The van der Waals surface area contributed by atoms with Gasteiger partial charge in [-0.15, -0.1) is 10.2 Å². The summed E-state index contributed by atoms with van der Waals surface area (Å²) in [5, 5.41) is 11.7. The first-order valence-corrected chi connectivity index (χ1v) is 7.28. The van der Waals surface area contributed by atoms with Crippen LogP contribution >= 0.6 is 11.8 Å². The first-order chi connectivity index (χ1) is 9.69. The van der Waals surface area contributed by atoms with Gasteiger partial charge in [-0.2, -0.15) is 0 Å². The third-order valence-electron chi connectivity index (χ3n) is 2.76. The second-order valence-corrected chi connectivity index (χ2v) is 5.45. The summed E-state index contributed by atoms with van der Waals surface area (Å²) in [6.45, 7) is 6.30. The van der Waals surface area contributed by atoms with E-state index < -0.39 is 0 Å². The van der Waals surface area contributed by atoms with E-state index in [0.717, 1.165) is 24.6 Å². The summed E-state index contributed by atoms with van der Waals surface area (Å²) in [5.74, 6) is 0.587. The maximum absolute atomic E-state index is 5.38. The highest BCUT2D eigenvalue weighted by Crippen LogP contribution is 2.29. The van der Waals surface area contributed by atoms with E-state index in [4.69, 9.17) is 9.15 Å². The number of rotatable bonds is 7. The monoisotopic (exact) mass is 293 g/mol. The Morgan fingerprint density at radius 1 is 1.30 bits per heavy atom. The third kappa shape index (κ3) is 4.33. The van der Waals surface area contributed by atoms with Crippen molar-refractivity contribution >= 4 is 11.8 Å². The van der Waals surface area contributed by atoms with Crippen LogP contribution < -0.4 is 5.32 Å². The molecular weight excluding hydrogens is 274 g/mol. The molecule has 2 aromatic rings. The van der Waals surface area contributed by atoms with E-state index in [2.05, 4.69) is 40.6 Å². The van der Waals surface area contributed by atoms with Crippen LogP contribution in [0.2, 0.25) is 0 Å². The number of ether oxygens (including phenoxy) is 1. The van der Waals surface area contributed by atoms with Crippen molar-refractivity contribution < 1.29 is 9.15 Å². The average Bonchev–Trinajstić information content (AvgIpc) is 2.83. The van der Waals surface area contributed by atoms with E-state index >= 15 is 0 Å². The van der Waals surface area contributed by atoms with Crippen LogP contribution in [0.1, 0.15) is 17.0 Å². The van der Waals surface area contributed by atoms with E-state index in [1.165, 1.54) is 22.9 Å². The van der Waals surface area contributed by atoms with Gasteiger partial charge in [0.15, 0.2) is 0 Å². The van der Waals surface area contributed by atoms with Crippen LogP contribution in [0, 0.1) is 13.8 Å². The molecule has 0 radical (unpaired) electrons. The molecule has 0 fully saturated rings. The summed E-state index contributed by atoms with van der Waals surface area (Å²) in [5.41, 5.74) is 2.46. The smallest absolute Gasteiger partial charge is 0.281 e. The predicted molar refractivity (Wildman–Crippen MR) is 77.9 cm³/mol. The number of aryl methyl sites for hydroxylation is 2. The van der Waals surface area contributed by atoms with Gasteiger partial charge in [-0.1, -0.05) is 12.1 Å². The minimum Gasteiger partial charge on any atom is -0.416 e. The summed E-state index contributed by atoms with van der Waals surface area (Å²) < 4.78 is 10.4. The van der Waals surface area contributed by atoms with Crippen molar-refractivity contribution in [3.63, 3.8) is 0 Å². The van der Waals surface area contributed by atoms with Gasteiger partial charge in [-0.3, -0.25) is 0 Å². The Kier molecular flexibility index (Phi) is 5.58. The van der Waals surface area contributed by atoms with Gasteiger partial charge in [0.25, 0.3) is 5.22 Å². The highest BCUT2D eigenvalue weighted by molar-refractivity contribution is 7.99. The molecule has 0 bridgehead atoms. The fraction of sp³-hybridized carbons (Fsp3) is 0.429. The molecule has 0 aliphatic carbocycles. The number of benzene rings is 1. The fourth-order valence-electron chi connectivity index (χ4n) is 1.76. The second-order valence-electron chi connectivity index (χ2n) is 4.46. The van der Waals surface area contributed by atoms with Crippen LogP contribution in [-0.2, 0) is 11.3 Å². The molecule has 6 heteroatoms. The first kappa shape index (κ1) is 15.0. The highest BCUT2D eigenvalue weighted by Gasteiger charge is 2.07. The van der Waals surface area contributed by atoms with E-state index in [1.54, 1.807) is 14.0 Å². The van der Waals surface area contributed by atoms with Crippen LogP contribution in [0.4, 0.5) is 0 Å². The standard InChI is InChI=1S/C14H19N3O2S/c1-10-8-12(9-15-6-7-18-3)4-5-13(10)20-14-17-16-11(2)19-14/h4-5,8,15H,6-7,9H2,1-3H3. The fourth-order valence-corrected chi connectivity index (χ4v) is 2.54. The number of hydrogen-bond acceptors (Lipinski definition) is 6. The Hall–Kier alpha value is -1.37. The lowest BCUT2D eigenvalue weighted by atomic mass is 10.1. The number of nitrogens with one attached hydrogen (secondary N) is 1. The molecule has 5 nitrogen and oxygen atoms in total. The summed E-state index contributed by atoms with van der Waals surface area (Å²) in [6.07, 6.45) is 0. The first-order valence-electron chi connectivity index (χ1n) is 6.46. The number of nitrogens with zero attached hydrogens (tertiary/aromatic N) is 2. The maximum Gasteiger partial charge on any atom is 0.281 e. The van der Waals surface area contributed by atoms with Gasteiger partial charge < -0.3 is 14.5 Å². The topological polar surface area (TPSA) is 60.2 Å². The molecule has 0 aliphatic rings. The van der Waals surface area contributed by atoms with Crippen molar-refractivity contribution in [3.8, 4) is 0 Å². The van der Waals surface area contributed by atoms with Crippen LogP contribution in [0.15, 0.2) is 32.7 Å². The van der Waals surface area contributed by atoms with Crippen LogP contribution in [0.3, 0.4) is 0 Å². The van der Waals surface area contributed by atoms with Crippen molar-refractivity contribution in [1.29, 1.82) is 0 Å². The molecule has 1 heterocycles. The zero-order valence-corrected chi connectivity index (χ0v) is 12.8. The number of methoxy groups -OCH3 is 1. The Morgan fingerprint density at radius 3 is 2.80 bits per heavy atom. The molecule has 0 saturated carbocycles. The normalized spacial score (nSPS) is 10.9. The minimum atomic E-state index is 0.580. The van der Waals surface area contributed by atoms with Gasteiger partial charge in [0, 0.05) is 32.0 Å². The third-order valence-corrected chi connectivity index (χ3v) is 3.77.